The van der Waals surface area contributed by atoms with Crippen molar-refractivity contribution < 1.29 is 14.3 Å². The second-order valence-corrected chi connectivity index (χ2v) is 3.32. The van der Waals surface area contributed by atoms with Gasteiger partial charge < -0.3 is 9.52 Å². The number of aromatic nitrogens is 1. The molecule has 0 fully saturated rings. The van der Waals surface area contributed by atoms with Crippen molar-refractivity contribution in [2.45, 2.75) is 0 Å². The van der Waals surface area contributed by atoms with Crippen molar-refractivity contribution >= 4 is 33.0 Å². The molecule has 4 nitrogen and oxygen atoms in total. The van der Waals surface area contributed by atoms with Gasteiger partial charge in [-0.25, -0.2) is 9.78 Å². The van der Waals surface area contributed by atoms with E-state index in [0.717, 1.165) is 0 Å². The molecular formula is C8H4BrNO3. The highest BCUT2D eigenvalue weighted by Crippen LogP contribution is 2.24. The van der Waals surface area contributed by atoms with E-state index in [-0.39, 0.29) is 5.56 Å². The minimum Gasteiger partial charge on any atom is -0.478 e. The fourth-order valence-corrected chi connectivity index (χ4v) is 1.59. The standard InChI is InChI=1S/C8H4BrNO3/c9-5-1-4(8(11)12)2-6-7(5)13-3-10-6/h1-3H,(H,11,12). The van der Waals surface area contributed by atoms with E-state index >= 15 is 0 Å². The molecule has 0 bridgehead atoms. The van der Waals surface area contributed by atoms with E-state index in [1.807, 2.05) is 0 Å². The molecule has 2 rings (SSSR count). The van der Waals surface area contributed by atoms with Crippen LogP contribution in [0.4, 0.5) is 0 Å². The molecule has 0 aliphatic heterocycles. The lowest BCUT2D eigenvalue weighted by atomic mass is 10.2. The zero-order valence-electron chi connectivity index (χ0n) is 6.32. The van der Waals surface area contributed by atoms with Gasteiger partial charge in [-0.3, -0.25) is 0 Å². The Balaban J connectivity index is 2.77. The van der Waals surface area contributed by atoms with Gasteiger partial charge in [-0.15, -0.1) is 0 Å². The first-order valence-corrected chi connectivity index (χ1v) is 4.24. The summed E-state index contributed by atoms with van der Waals surface area (Å²) >= 11 is 3.20. The normalized spacial score (nSPS) is 10.5. The van der Waals surface area contributed by atoms with Gasteiger partial charge in [-0.1, -0.05) is 0 Å². The summed E-state index contributed by atoms with van der Waals surface area (Å²) < 4.78 is 5.63. The Kier molecular flexibility index (Phi) is 1.81. The number of carbonyl (C=O) groups is 1. The van der Waals surface area contributed by atoms with Gasteiger partial charge in [0.05, 0.1) is 10.0 Å². The number of carboxylic acids is 1. The van der Waals surface area contributed by atoms with Gasteiger partial charge in [0.15, 0.2) is 12.0 Å². The van der Waals surface area contributed by atoms with Gasteiger partial charge in [-0.05, 0) is 28.1 Å². The fourth-order valence-electron chi connectivity index (χ4n) is 1.05. The maximum Gasteiger partial charge on any atom is 0.335 e. The van der Waals surface area contributed by atoms with Gasteiger partial charge >= 0.3 is 5.97 Å². The van der Waals surface area contributed by atoms with Gasteiger partial charge in [-0.2, -0.15) is 0 Å². The molecular weight excluding hydrogens is 238 g/mol. The van der Waals surface area contributed by atoms with E-state index in [1.165, 1.54) is 18.5 Å². The van der Waals surface area contributed by atoms with Crippen molar-refractivity contribution in [1.82, 2.24) is 4.98 Å². The van der Waals surface area contributed by atoms with Crippen molar-refractivity contribution in [3.8, 4) is 0 Å². The predicted octanol–water partition coefficient (Wildman–Crippen LogP) is 2.29. The number of carboxylic acid groups (broad SMARTS) is 1. The molecule has 0 atom stereocenters. The summed E-state index contributed by atoms with van der Waals surface area (Å²) in [7, 11) is 0. The summed E-state index contributed by atoms with van der Waals surface area (Å²) in [6.45, 7) is 0. The van der Waals surface area contributed by atoms with E-state index < -0.39 is 5.97 Å². The monoisotopic (exact) mass is 241 g/mol. The third-order valence-electron chi connectivity index (χ3n) is 1.63. The van der Waals surface area contributed by atoms with Gasteiger partial charge in [0, 0.05) is 0 Å². The van der Waals surface area contributed by atoms with Crippen molar-refractivity contribution in [2.24, 2.45) is 0 Å². The highest BCUT2D eigenvalue weighted by atomic mass is 79.9. The quantitative estimate of drug-likeness (QED) is 0.833. The zero-order chi connectivity index (χ0) is 9.42. The van der Waals surface area contributed by atoms with Crippen LogP contribution in [0.3, 0.4) is 0 Å². The number of nitrogens with zero attached hydrogens (tertiary/aromatic N) is 1. The molecule has 1 heterocycles. The lowest BCUT2D eigenvalue weighted by Gasteiger charge is -1.95. The molecule has 13 heavy (non-hydrogen) atoms. The Hall–Kier alpha value is -1.36. The van der Waals surface area contributed by atoms with E-state index in [4.69, 9.17) is 9.52 Å². The summed E-state index contributed by atoms with van der Waals surface area (Å²) in [6.07, 6.45) is 1.28. The molecule has 0 aliphatic rings. The SMILES string of the molecule is O=C(O)c1cc(Br)c2ocnc2c1. The summed E-state index contributed by atoms with van der Waals surface area (Å²) in [6, 6.07) is 2.95. The van der Waals surface area contributed by atoms with Crippen LogP contribution in [0, 0.1) is 0 Å². The van der Waals surface area contributed by atoms with Crippen molar-refractivity contribution in [2.75, 3.05) is 0 Å². The van der Waals surface area contributed by atoms with E-state index in [1.54, 1.807) is 0 Å². The molecule has 0 radical (unpaired) electrons. The van der Waals surface area contributed by atoms with Crippen LogP contribution in [0.25, 0.3) is 11.1 Å². The van der Waals surface area contributed by atoms with Crippen molar-refractivity contribution in [1.29, 1.82) is 0 Å². The number of halogens is 1. The molecule has 1 aromatic heterocycles. The first-order valence-electron chi connectivity index (χ1n) is 3.44. The Morgan fingerprint density at radius 1 is 1.54 bits per heavy atom. The molecule has 1 N–H and O–H groups in total. The second-order valence-electron chi connectivity index (χ2n) is 2.46. The highest BCUT2D eigenvalue weighted by Gasteiger charge is 2.09. The molecule has 2 aromatic rings. The molecule has 0 amide bonds. The lowest BCUT2D eigenvalue weighted by Crippen LogP contribution is -1.95. The smallest absolute Gasteiger partial charge is 0.335 e. The maximum atomic E-state index is 10.6. The van der Waals surface area contributed by atoms with E-state index in [9.17, 15) is 4.79 Å². The maximum absolute atomic E-state index is 10.6. The van der Waals surface area contributed by atoms with E-state index in [0.29, 0.717) is 15.6 Å². The largest absolute Gasteiger partial charge is 0.478 e. The molecule has 5 heteroatoms. The number of fused-ring (bicyclic) bond motifs is 1. The summed E-state index contributed by atoms with van der Waals surface area (Å²) in [5, 5.41) is 8.73. The number of aromatic carboxylic acids is 1. The minimum absolute atomic E-state index is 0.188. The van der Waals surface area contributed by atoms with Gasteiger partial charge in [0.1, 0.15) is 5.52 Å². The number of hydrogen-bond acceptors (Lipinski definition) is 3. The van der Waals surface area contributed by atoms with Crippen LogP contribution in [0.5, 0.6) is 0 Å². The average molecular weight is 242 g/mol. The number of oxazole rings is 1. The Morgan fingerprint density at radius 3 is 3.00 bits per heavy atom. The van der Waals surface area contributed by atoms with Crippen LogP contribution in [0.15, 0.2) is 27.4 Å². The Labute approximate surface area is 81.3 Å². The van der Waals surface area contributed by atoms with Crippen LogP contribution in [-0.4, -0.2) is 16.1 Å². The molecule has 0 saturated heterocycles. The molecule has 1 aromatic carbocycles. The van der Waals surface area contributed by atoms with Gasteiger partial charge in [0.25, 0.3) is 0 Å². The first kappa shape index (κ1) is 8.25. The van der Waals surface area contributed by atoms with Crippen LogP contribution in [-0.2, 0) is 0 Å². The van der Waals surface area contributed by atoms with Crippen LogP contribution in [0.1, 0.15) is 10.4 Å². The molecule has 66 valence electrons. The fraction of sp³-hybridized carbons (Fsp3) is 0. The lowest BCUT2D eigenvalue weighted by molar-refractivity contribution is 0.0697. The summed E-state index contributed by atoms with van der Waals surface area (Å²) in [5.41, 5.74) is 1.28. The number of rotatable bonds is 1. The molecule has 0 spiro atoms. The molecule has 0 unspecified atom stereocenters. The summed E-state index contributed by atoms with van der Waals surface area (Å²) in [5.74, 6) is -0.981. The Bertz CT molecular complexity index is 477. The number of hydrogen-bond donors (Lipinski definition) is 1. The first-order chi connectivity index (χ1) is 6.18. The van der Waals surface area contributed by atoms with Crippen molar-refractivity contribution in [3.63, 3.8) is 0 Å². The van der Waals surface area contributed by atoms with Gasteiger partial charge in [0.2, 0.25) is 0 Å². The summed E-state index contributed by atoms with van der Waals surface area (Å²) in [4.78, 5) is 14.5. The third-order valence-corrected chi connectivity index (χ3v) is 2.22. The zero-order valence-corrected chi connectivity index (χ0v) is 7.91. The van der Waals surface area contributed by atoms with Crippen molar-refractivity contribution in [3.05, 3.63) is 28.6 Å². The van der Waals surface area contributed by atoms with Crippen LogP contribution in [0.2, 0.25) is 0 Å². The average Bonchev–Trinajstić information content (AvgIpc) is 2.51. The van der Waals surface area contributed by atoms with E-state index in [2.05, 4.69) is 20.9 Å². The molecule has 0 saturated carbocycles. The van der Waals surface area contributed by atoms with Crippen LogP contribution >= 0.6 is 15.9 Å². The van der Waals surface area contributed by atoms with Crippen LogP contribution < -0.4 is 0 Å². The highest BCUT2D eigenvalue weighted by molar-refractivity contribution is 9.10. The molecule has 0 aliphatic carbocycles. The minimum atomic E-state index is -0.981. The topological polar surface area (TPSA) is 63.3 Å². The second kappa shape index (κ2) is 2.85. The Morgan fingerprint density at radius 2 is 2.31 bits per heavy atom. The third kappa shape index (κ3) is 1.31. The predicted molar refractivity (Wildman–Crippen MR) is 48.7 cm³/mol. The number of benzene rings is 1.